The van der Waals surface area contributed by atoms with Crippen LogP contribution in [0.3, 0.4) is 0 Å². The van der Waals surface area contributed by atoms with Crippen LogP contribution in [0.15, 0.2) is 18.2 Å². The first kappa shape index (κ1) is 14.7. The highest BCUT2D eigenvalue weighted by atomic mass is 19.3. The van der Waals surface area contributed by atoms with Crippen LogP contribution >= 0.6 is 0 Å². The van der Waals surface area contributed by atoms with Crippen molar-refractivity contribution in [3.8, 4) is 0 Å². The van der Waals surface area contributed by atoms with E-state index < -0.39 is 6.43 Å². The van der Waals surface area contributed by atoms with E-state index in [-0.39, 0.29) is 5.56 Å². The quantitative estimate of drug-likeness (QED) is 0.583. The SMILES string of the molecule is CN(C)CCCCNc1ccc(N)cc1C(F)F. The fraction of sp³-hybridized carbons (Fsp3) is 0.538. The number of hydrogen-bond donors (Lipinski definition) is 2. The number of benzene rings is 1. The molecule has 0 radical (unpaired) electrons. The summed E-state index contributed by atoms with van der Waals surface area (Å²) >= 11 is 0. The number of nitrogen functional groups attached to an aromatic ring is 1. The highest BCUT2D eigenvalue weighted by Gasteiger charge is 2.12. The van der Waals surface area contributed by atoms with Gasteiger partial charge >= 0.3 is 0 Å². The molecule has 102 valence electrons. The van der Waals surface area contributed by atoms with Crippen LogP contribution in [0.4, 0.5) is 20.2 Å². The molecule has 0 aliphatic rings. The van der Waals surface area contributed by atoms with Gasteiger partial charge in [-0.25, -0.2) is 8.78 Å². The Balaban J connectivity index is 2.46. The largest absolute Gasteiger partial charge is 0.399 e. The molecule has 3 nitrogen and oxygen atoms in total. The van der Waals surface area contributed by atoms with Crippen molar-refractivity contribution in [2.45, 2.75) is 19.3 Å². The molecule has 5 heteroatoms. The molecule has 18 heavy (non-hydrogen) atoms. The van der Waals surface area contributed by atoms with Crippen molar-refractivity contribution < 1.29 is 8.78 Å². The lowest BCUT2D eigenvalue weighted by Crippen LogP contribution is -2.14. The van der Waals surface area contributed by atoms with E-state index in [0.29, 0.717) is 17.9 Å². The monoisotopic (exact) mass is 257 g/mol. The van der Waals surface area contributed by atoms with Crippen LogP contribution in [0.25, 0.3) is 0 Å². The third-order valence-electron chi connectivity index (χ3n) is 2.66. The number of rotatable bonds is 7. The maximum absolute atomic E-state index is 12.8. The molecule has 0 heterocycles. The van der Waals surface area contributed by atoms with Gasteiger partial charge in [0.2, 0.25) is 0 Å². The maximum Gasteiger partial charge on any atom is 0.265 e. The number of nitrogens with one attached hydrogen (secondary N) is 1. The van der Waals surface area contributed by atoms with Crippen LogP contribution in [-0.4, -0.2) is 32.1 Å². The van der Waals surface area contributed by atoms with E-state index in [1.54, 1.807) is 12.1 Å². The second-order valence-corrected chi connectivity index (χ2v) is 4.58. The minimum Gasteiger partial charge on any atom is -0.399 e. The minimum atomic E-state index is -2.50. The summed E-state index contributed by atoms with van der Waals surface area (Å²) < 4.78 is 25.6. The van der Waals surface area contributed by atoms with E-state index in [4.69, 9.17) is 5.73 Å². The molecule has 0 aliphatic heterocycles. The molecule has 0 spiro atoms. The van der Waals surface area contributed by atoms with Gasteiger partial charge in [0, 0.05) is 23.5 Å². The number of nitrogens with two attached hydrogens (primary N) is 1. The summed E-state index contributed by atoms with van der Waals surface area (Å²) in [6.07, 6.45) is -0.512. The zero-order chi connectivity index (χ0) is 13.5. The van der Waals surface area contributed by atoms with Crippen molar-refractivity contribution in [2.24, 2.45) is 0 Å². The normalized spacial score (nSPS) is 11.2. The van der Waals surface area contributed by atoms with E-state index in [2.05, 4.69) is 10.2 Å². The van der Waals surface area contributed by atoms with Crippen LogP contribution in [0.2, 0.25) is 0 Å². The molecular formula is C13H21F2N3. The molecule has 0 aliphatic carbocycles. The fourth-order valence-corrected chi connectivity index (χ4v) is 1.70. The van der Waals surface area contributed by atoms with Gasteiger partial charge in [-0.15, -0.1) is 0 Å². The van der Waals surface area contributed by atoms with Gasteiger partial charge < -0.3 is 16.0 Å². The van der Waals surface area contributed by atoms with Crippen molar-refractivity contribution in [1.82, 2.24) is 4.90 Å². The molecule has 0 saturated carbocycles. The molecule has 0 atom stereocenters. The predicted molar refractivity (Wildman–Crippen MR) is 72.1 cm³/mol. The van der Waals surface area contributed by atoms with E-state index in [9.17, 15) is 8.78 Å². The fourth-order valence-electron chi connectivity index (χ4n) is 1.70. The molecular weight excluding hydrogens is 236 g/mol. The first-order chi connectivity index (χ1) is 8.50. The maximum atomic E-state index is 12.8. The zero-order valence-corrected chi connectivity index (χ0v) is 10.9. The number of hydrogen-bond acceptors (Lipinski definition) is 3. The Morgan fingerprint density at radius 1 is 1.28 bits per heavy atom. The molecule has 0 amide bonds. The van der Waals surface area contributed by atoms with Crippen molar-refractivity contribution in [3.05, 3.63) is 23.8 Å². The average molecular weight is 257 g/mol. The lowest BCUT2D eigenvalue weighted by molar-refractivity contribution is 0.152. The van der Waals surface area contributed by atoms with Gasteiger partial charge in [0.1, 0.15) is 0 Å². The van der Waals surface area contributed by atoms with E-state index >= 15 is 0 Å². The smallest absolute Gasteiger partial charge is 0.265 e. The molecule has 0 unspecified atom stereocenters. The summed E-state index contributed by atoms with van der Waals surface area (Å²) in [4.78, 5) is 2.10. The van der Waals surface area contributed by atoms with Crippen LogP contribution in [0.5, 0.6) is 0 Å². The number of unbranched alkanes of at least 4 members (excludes halogenated alkanes) is 1. The highest BCUT2D eigenvalue weighted by Crippen LogP contribution is 2.28. The summed E-state index contributed by atoms with van der Waals surface area (Å²) in [5, 5.41) is 3.04. The Morgan fingerprint density at radius 2 is 2.00 bits per heavy atom. The van der Waals surface area contributed by atoms with E-state index in [0.717, 1.165) is 19.4 Å². The number of alkyl halides is 2. The topological polar surface area (TPSA) is 41.3 Å². The summed E-state index contributed by atoms with van der Waals surface area (Å²) in [5.41, 5.74) is 6.32. The molecule has 0 fully saturated rings. The summed E-state index contributed by atoms with van der Waals surface area (Å²) in [7, 11) is 4.03. The van der Waals surface area contributed by atoms with Crippen molar-refractivity contribution in [3.63, 3.8) is 0 Å². The third kappa shape index (κ3) is 4.87. The Kier molecular flexibility index (Phi) is 5.85. The van der Waals surface area contributed by atoms with E-state index in [1.807, 2.05) is 14.1 Å². The van der Waals surface area contributed by atoms with Crippen molar-refractivity contribution in [1.29, 1.82) is 0 Å². The van der Waals surface area contributed by atoms with Crippen LogP contribution in [0, 0.1) is 0 Å². The number of halogens is 2. The highest BCUT2D eigenvalue weighted by molar-refractivity contribution is 5.58. The third-order valence-corrected chi connectivity index (χ3v) is 2.66. The Labute approximate surface area is 107 Å². The van der Waals surface area contributed by atoms with Crippen LogP contribution in [0.1, 0.15) is 24.8 Å². The first-order valence-corrected chi connectivity index (χ1v) is 6.07. The molecule has 0 bridgehead atoms. The lowest BCUT2D eigenvalue weighted by Gasteiger charge is -2.13. The zero-order valence-electron chi connectivity index (χ0n) is 10.9. The summed E-state index contributed by atoms with van der Waals surface area (Å²) in [6, 6.07) is 4.57. The van der Waals surface area contributed by atoms with Gasteiger partial charge in [-0.2, -0.15) is 0 Å². The molecule has 0 saturated heterocycles. The predicted octanol–water partition coefficient (Wildman–Crippen LogP) is 2.96. The second-order valence-electron chi connectivity index (χ2n) is 4.58. The Morgan fingerprint density at radius 3 is 2.61 bits per heavy atom. The first-order valence-electron chi connectivity index (χ1n) is 6.07. The molecule has 3 N–H and O–H groups in total. The standard InChI is InChI=1S/C13H21F2N3/c1-18(2)8-4-3-7-17-12-6-5-10(16)9-11(12)13(14)15/h5-6,9,13,17H,3-4,7-8,16H2,1-2H3. The van der Waals surface area contributed by atoms with Crippen LogP contribution in [-0.2, 0) is 0 Å². The van der Waals surface area contributed by atoms with Crippen molar-refractivity contribution in [2.75, 3.05) is 38.2 Å². The van der Waals surface area contributed by atoms with E-state index in [1.165, 1.54) is 6.07 Å². The summed E-state index contributed by atoms with van der Waals surface area (Å²) in [5.74, 6) is 0. The van der Waals surface area contributed by atoms with Gasteiger partial charge in [0.15, 0.2) is 0 Å². The van der Waals surface area contributed by atoms with Crippen LogP contribution < -0.4 is 11.1 Å². The minimum absolute atomic E-state index is 0.0254. The number of anilines is 2. The van der Waals surface area contributed by atoms with Gasteiger partial charge in [-0.1, -0.05) is 0 Å². The Hall–Kier alpha value is -1.36. The molecule has 1 aromatic carbocycles. The molecule has 1 aromatic rings. The second kappa shape index (κ2) is 7.16. The lowest BCUT2D eigenvalue weighted by atomic mass is 10.1. The van der Waals surface area contributed by atoms with Gasteiger partial charge in [-0.05, 0) is 51.7 Å². The Bertz CT molecular complexity index is 367. The van der Waals surface area contributed by atoms with Gasteiger partial charge in [0.05, 0.1) is 0 Å². The molecule has 0 aromatic heterocycles. The average Bonchev–Trinajstić information content (AvgIpc) is 2.29. The van der Waals surface area contributed by atoms with Gasteiger partial charge in [-0.3, -0.25) is 0 Å². The molecule has 1 rings (SSSR count). The van der Waals surface area contributed by atoms with Gasteiger partial charge in [0.25, 0.3) is 6.43 Å². The number of nitrogens with zero attached hydrogens (tertiary/aromatic N) is 1. The van der Waals surface area contributed by atoms with Crippen molar-refractivity contribution >= 4 is 11.4 Å². The summed E-state index contributed by atoms with van der Waals surface area (Å²) in [6.45, 7) is 1.70.